The smallest absolute Gasteiger partial charge is 0.0621 e. The summed E-state index contributed by atoms with van der Waals surface area (Å²) >= 11 is 0. The van der Waals surface area contributed by atoms with Gasteiger partial charge in [-0.2, -0.15) is 5.26 Å². The molecule has 1 aromatic rings. The van der Waals surface area contributed by atoms with E-state index in [4.69, 9.17) is 10.00 Å². The van der Waals surface area contributed by atoms with Gasteiger partial charge in [-0.05, 0) is 24.8 Å². The molecule has 86 valence electrons. The number of hydrogen-bond acceptors (Lipinski definition) is 2. The molecule has 0 atom stereocenters. The van der Waals surface area contributed by atoms with Crippen LogP contribution in [0.3, 0.4) is 0 Å². The molecule has 0 radical (unpaired) electrons. The molecule has 0 saturated heterocycles. The average molecular weight is 217 g/mol. The van der Waals surface area contributed by atoms with Gasteiger partial charge in [0.15, 0.2) is 0 Å². The lowest BCUT2D eigenvalue weighted by atomic mass is 10.2. The minimum Gasteiger partial charge on any atom is -0.381 e. The Morgan fingerprint density at radius 2 is 1.81 bits per heavy atom. The highest BCUT2D eigenvalue weighted by Crippen LogP contribution is 2.01. The Morgan fingerprint density at radius 1 is 1.00 bits per heavy atom. The predicted octanol–water partition coefficient (Wildman–Crippen LogP) is 3.33. The van der Waals surface area contributed by atoms with Gasteiger partial charge in [0.1, 0.15) is 0 Å². The number of nitrogens with zero attached hydrogens (tertiary/aromatic N) is 1. The fraction of sp³-hybridized carbons (Fsp3) is 0.500. The first-order chi connectivity index (χ1) is 7.93. The molecule has 0 aliphatic heterocycles. The summed E-state index contributed by atoms with van der Waals surface area (Å²) in [6.07, 6.45) is 4.82. The SMILES string of the molecule is N#CCCCCCOCCc1ccccc1. The quantitative estimate of drug-likeness (QED) is 0.626. The molecule has 1 rings (SSSR count). The van der Waals surface area contributed by atoms with Crippen molar-refractivity contribution in [1.29, 1.82) is 5.26 Å². The molecule has 2 nitrogen and oxygen atoms in total. The van der Waals surface area contributed by atoms with Crippen molar-refractivity contribution in [3.05, 3.63) is 35.9 Å². The second-order valence-corrected chi connectivity index (χ2v) is 3.82. The van der Waals surface area contributed by atoms with Crippen molar-refractivity contribution in [2.45, 2.75) is 32.1 Å². The van der Waals surface area contributed by atoms with Crippen LogP contribution in [-0.4, -0.2) is 13.2 Å². The molecule has 0 fully saturated rings. The standard InChI is InChI=1S/C14H19NO/c15-11-6-1-2-7-12-16-13-10-14-8-4-3-5-9-14/h3-5,8-9H,1-2,6-7,10,12-13H2. The maximum Gasteiger partial charge on any atom is 0.0621 e. The first kappa shape index (κ1) is 12.7. The van der Waals surface area contributed by atoms with Crippen LogP contribution < -0.4 is 0 Å². The van der Waals surface area contributed by atoms with E-state index in [0.717, 1.165) is 38.9 Å². The van der Waals surface area contributed by atoms with Gasteiger partial charge in [0.2, 0.25) is 0 Å². The summed E-state index contributed by atoms with van der Waals surface area (Å²) in [6.45, 7) is 1.61. The lowest BCUT2D eigenvalue weighted by molar-refractivity contribution is 0.133. The summed E-state index contributed by atoms with van der Waals surface area (Å²) in [5.41, 5.74) is 1.33. The number of hydrogen-bond donors (Lipinski definition) is 0. The molecule has 1 aromatic carbocycles. The maximum absolute atomic E-state index is 8.35. The highest BCUT2D eigenvalue weighted by Gasteiger charge is 1.93. The van der Waals surface area contributed by atoms with Crippen molar-refractivity contribution in [3.8, 4) is 6.07 Å². The van der Waals surface area contributed by atoms with Crippen LogP contribution in [0.1, 0.15) is 31.2 Å². The van der Waals surface area contributed by atoms with E-state index in [9.17, 15) is 0 Å². The second kappa shape index (κ2) is 8.94. The van der Waals surface area contributed by atoms with Crippen LogP contribution in [0.5, 0.6) is 0 Å². The molecule has 0 N–H and O–H groups in total. The van der Waals surface area contributed by atoms with Crippen LogP contribution in [0.4, 0.5) is 0 Å². The van der Waals surface area contributed by atoms with Crippen molar-refractivity contribution in [1.82, 2.24) is 0 Å². The van der Waals surface area contributed by atoms with Gasteiger partial charge in [-0.15, -0.1) is 0 Å². The van der Waals surface area contributed by atoms with Crippen LogP contribution in [0.25, 0.3) is 0 Å². The largest absolute Gasteiger partial charge is 0.381 e. The molecule has 0 aliphatic carbocycles. The fourth-order valence-corrected chi connectivity index (χ4v) is 1.52. The minimum atomic E-state index is 0.671. The molecule has 16 heavy (non-hydrogen) atoms. The van der Waals surface area contributed by atoms with E-state index < -0.39 is 0 Å². The molecule has 0 spiro atoms. The van der Waals surface area contributed by atoms with Gasteiger partial charge < -0.3 is 4.74 Å². The number of benzene rings is 1. The zero-order valence-electron chi connectivity index (χ0n) is 9.69. The summed E-state index contributed by atoms with van der Waals surface area (Å²) in [6, 6.07) is 12.5. The first-order valence-corrected chi connectivity index (χ1v) is 5.92. The highest BCUT2D eigenvalue weighted by molar-refractivity contribution is 5.14. The van der Waals surface area contributed by atoms with Crippen molar-refractivity contribution >= 4 is 0 Å². The van der Waals surface area contributed by atoms with Gasteiger partial charge in [0.05, 0.1) is 12.7 Å². The third kappa shape index (κ3) is 6.21. The van der Waals surface area contributed by atoms with E-state index in [1.165, 1.54) is 5.56 Å². The molecule has 0 amide bonds. The highest BCUT2D eigenvalue weighted by atomic mass is 16.5. The topological polar surface area (TPSA) is 33.0 Å². The van der Waals surface area contributed by atoms with E-state index in [1.807, 2.05) is 6.07 Å². The Bertz CT molecular complexity index is 302. The molecule has 0 bridgehead atoms. The van der Waals surface area contributed by atoms with Gasteiger partial charge >= 0.3 is 0 Å². The zero-order valence-corrected chi connectivity index (χ0v) is 9.69. The van der Waals surface area contributed by atoms with Crippen LogP contribution in [0, 0.1) is 11.3 Å². The maximum atomic E-state index is 8.35. The Labute approximate surface area is 97.9 Å². The van der Waals surface area contributed by atoms with E-state index >= 15 is 0 Å². The monoisotopic (exact) mass is 217 g/mol. The number of unbranched alkanes of at least 4 members (excludes halogenated alkanes) is 3. The molecule has 0 aliphatic rings. The normalized spacial score (nSPS) is 9.94. The van der Waals surface area contributed by atoms with E-state index in [-0.39, 0.29) is 0 Å². The summed E-state index contributed by atoms with van der Waals surface area (Å²) in [4.78, 5) is 0. The van der Waals surface area contributed by atoms with Gasteiger partial charge in [0, 0.05) is 13.0 Å². The molecular formula is C14H19NO. The molecule has 0 saturated carbocycles. The van der Waals surface area contributed by atoms with Gasteiger partial charge in [-0.25, -0.2) is 0 Å². The first-order valence-electron chi connectivity index (χ1n) is 5.92. The fourth-order valence-electron chi connectivity index (χ4n) is 1.52. The Hall–Kier alpha value is -1.33. The summed E-state index contributed by atoms with van der Waals surface area (Å²) < 4.78 is 5.53. The lowest BCUT2D eigenvalue weighted by Crippen LogP contribution is -2.00. The third-order valence-electron chi connectivity index (χ3n) is 2.46. The third-order valence-corrected chi connectivity index (χ3v) is 2.46. The van der Waals surface area contributed by atoms with Crippen molar-refractivity contribution in [3.63, 3.8) is 0 Å². The van der Waals surface area contributed by atoms with Gasteiger partial charge in [-0.3, -0.25) is 0 Å². The Kier molecular flexibility index (Phi) is 7.11. The zero-order chi connectivity index (χ0) is 11.5. The molecular weight excluding hydrogens is 198 g/mol. The summed E-state index contributed by atoms with van der Waals surface area (Å²) in [5, 5.41) is 8.35. The van der Waals surface area contributed by atoms with Crippen LogP contribution in [-0.2, 0) is 11.2 Å². The predicted molar refractivity (Wildman–Crippen MR) is 65.0 cm³/mol. The summed E-state index contributed by atoms with van der Waals surface area (Å²) in [7, 11) is 0. The van der Waals surface area contributed by atoms with Crippen molar-refractivity contribution < 1.29 is 4.74 Å². The number of nitriles is 1. The Balaban J connectivity index is 1.91. The molecule has 0 unspecified atom stereocenters. The van der Waals surface area contributed by atoms with Crippen molar-refractivity contribution in [2.75, 3.05) is 13.2 Å². The second-order valence-electron chi connectivity index (χ2n) is 3.82. The molecule has 0 heterocycles. The van der Waals surface area contributed by atoms with Gasteiger partial charge in [-0.1, -0.05) is 36.8 Å². The minimum absolute atomic E-state index is 0.671. The lowest BCUT2D eigenvalue weighted by Gasteiger charge is -2.03. The van der Waals surface area contributed by atoms with E-state index in [1.54, 1.807) is 0 Å². The van der Waals surface area contributed by atoms with E-state index in [0.29, 0.717) is 6.42 Å². The van der Waals surface area contributed by atoms with Gasteiger partial charge in [0.25, 0.3) is 0 Å². The molecule has 2 heteroatoms. The number of ether oxygens (including phenoxy) is 1. The van der Waals surface area contributed by atoms with E-state index in [2.05, 4.69) is 30.3 Å². The Morgan fingerprint density at radius 3 is 2.56 bits per heavy atom. The van der Waals surface area contributed by atoms with Crippen molar-refractivity contribution in [2.24, 2.45) is 0 Å². The molecule has 0 aromatic heterocycles. The van der Waals surface area contributed by atoms with Crippen LogP contribution in [0.2, 0.25) is 0 Å². The summed E-state index contributed by atoms with van der Waals surface area (Å²) in [5.74, 6) is 0. The van der Waals surface area contributed by atoms with Crippen LogP contribution in [0.15, 0.2) is 30.3 Å². The average Bonchev–Trinajstić information content (AvgIpc) is 2.34. The number of rotatable bonds is 8. The van der Waals surface area contributed by atoms with Crippen LogP contribution >= 0.6 is 0 Å².